The van der Waals surface area contributed by atoms with E-state index in [0.717, 1.165) is 42.8 Å². The van der Waals surface area contributed by atoms with E-state index in [1.807, 2.05) is 33.8 Å². The third-order valence-electron chi connectivity index (χ3n) is 4.71. The molecule has 3 rings (SSSR count). The van der Waals surface area contributed by atoms with E-state index in [1.54, 1.807) is 0 Å². The van der Waals surface area contributed by atoms with Gasteiger partial charge >= 0.3 is 5.69 Å². The topological polar surface area (TPSA) is 93.3 Å². The summed E-state index contributed by atoms with van der Waals surface area (Å²) in [4.78, 5) is 25.2. The molecule has 0 radical (unpaired) electrons. The molecule has 0 saturated carbocycles. The Morgan fingerprint density at radius 2 is 2.04 bits per heavy atom. The molecule has 1 amide bonds. The molecule has 27 heavy (non-hydrogen) atoms. The van der Waals surface area contributed by atoms with Crippen molar-refractivity contribution in [2.75, 3.05) is 13.1 Å². The number of piperidine rings is 1. The lowest BCUT2D eigenvalue weighted by atomic mass is 10.1. The predicted octanol–water partition coefficient (Wildman–Crippen LogP) is 1.43. The smallest absolute Gasteiger partial charge is 0.350 e. The van der Waals surface area contributed by atoms with Gasteiger partial charge < -0.3 is 10.6 Å². The summed E-state index contributed by atoms with van der Waals surface area (Å²) in [6.07, 6.45) is 1.99. The summed E-state index contributed by atoms with van der Waals surface area (Å²) in [5, 5.41) is 15.2. The van der Waals surface area contributed by atoms with Crippen molar-refractivity contribution in [1.29, 1.82) is 0 Å². The van der Waals surface area contributed by atoms with E-state index in [1.165, 1.54) is 9.20 Å². The van der Waals surface area contributed by atoms with E-state index in [-0.39, 0.29) is 48.4 Å². The molecule has 0 aromatic carbocycles. The van der Waals surface area contributed by atoms with Gasteiger partial charge in [-0.2, -0.15) is 14.7 Å². The summed E-state index contributed by atoms with van der Waals surface area (Å²) >= 11 is 0. The number of halogens is 1. The Labute approximate surface area is 165 Å². The van der Waals surface area contributed by atoms with E-state index in [4.69, 9.17) is 0 Å². The number of hydrogen-bond donors (Lipinski definition) is 2. The standard InChI is InChI=1S/C18H28N6O2.ClH/c1-11(2)14-8-15-17(12(3)4)22-23(18(26)24(15)21-14)10-16(25)20-13-6-5-7-19-9-13;/h8,11-13,19H,5-7,9-10H2,1-4H3,(H,20,25);1H/t13-;/m1./s1. The molecule has 2 aromatic heterocycles. The molecule has 3 heterocycles. The lowest BCUT2D eigenvalue weighted by Gasteiger charge is -2.23. The highest BCUT2D eigenvalue weighted by Crippen LogP contribution is 2.20. The summed E-state index contributed by atoms with van der Waals surface area (Å²) in [5.74, 6) is 0.134. The molecule has 1 aliphatic heterocycles. The van der Waals surface area contributed by atoms with E-state index < -0.39 is 0 Å². The van der Waals surface area contributed by atoms with E-state index in [2.05, 4.69) is 20.8 Å². The summed E-state index contributed by atoms with van der Waals surface area (Å²) in [5.41, 5.74) is 1.97. The Hall–Kier alpha value is -1.93. The van der Waals surface area contributed by atoms with Gasteiger partial charge in [0.15, 0.2) is 0 Å². The first-order chi connectivity index (χ1) is 12.4. The molecule has 0 spiro atoms. The normalized spacial score (nSPS) is 17.3. The summed E-state index contributed by atoms with van der Waals surface area (Å²) in [6, 6.07) is 2.03. The molecule has 8 nitrogen and oxygen atoms in total. The molecule has 1 saturated heterocycles. The van der Waals surface area contributed by atoms with Crippen molar-refractivity contribution in [3.63, 3.8) is 0 Å². The monoisotopic (exact) mass is 396 g/mol. The van der Waals surface area contributed by atoms with Gasteiger partial charge in [0.25, 0.3) is 0 Å². The van der Waals surface area contributed by atoms with Crippen LogP contribution in [-0.2, 0) is 11.3 Å². The van der Waals surface area contributed by atoms with Gasteiger partial charge in [-0.05, 0) is 37.3 Å². The number of nitrogens with one attached hydrogen (secondary N) is 2. The minimum absolute atomic E-state index is 0. The molecule has 9 heteroatoms. The molecule has 1 fully saturated rings. The molecule has 1 aliphatic rings. The Kier molecular flexibility index (Phi) is 7.00. The van der Waals surface area contributed by atoms with Crippen molar-refractivity contribution in [2.24, 2.45) is 0 Å². The van der Waals surface area contributed by atoms with Crippen molar-refractivity contribution in [3.8, 4) is 0 Å². The minimum atomic E-state index is -0.381. The largest absolute Gasteiger partial charge is 0.366 e. The van der Waals surface area contributed by atoms with Crippen LogP contribution in [0.5, 0.6) is 0 Å². The Balaban J connectivity index is 0.00000261. The van der Waals surface area contributed by atoms with Gasteiger partial charge in [-0.1, -0.05) is 27.7 Å². The first-order valence-corrected chi connectivity index (χ1v) is 9.37. The molecule has 1 atom stereocenters. The second-order valence-corrected chi connectivity index (χ2v) is 7.61. The fourth-order valence-corrected chi connectivity index (χ4v) is 3.24. The number of carbonyl (C=O) groups is 1. The van der Waals surface area contributed by atoms with Gasteiger partial charge in [0.2, 0.25) is 5.91 Å². The van der Waals surface area contributed by atoms with Gasteiger partial charge in [0.1, 0.15) is 6.54 Å². The van der Waals surface area contributed by atoms with Gasteiger partial charge in [-0.3, -0.25) is 4.79 Å². The van der Waals surface area contributed by atoms with Crippen LogP contribution in [0.3, 0.4) is 0 Å². The molecule has 0 unspecified atom stereocenters. The summed E-state index contributed by atoms with van der Waals surface area (Å²) in [7, 11) is 0. The Morgan fingerprint density at radius 1 is 1.30 bits per heavy atom. The van der Waals surface area contributed by atoms with Gasteiger partial charge in [0, 0.05) is 12.6 Å². The van der Waals surface area contributed by atoms with Crippen LogP contribution in [0.2, 0.25) is 0 Å². The van der Waals surface area contributed by atoms with Crippen molar-refractivity contribution in [3.05, 3.63) is 27.9 Å². The number of carbonyl (C=O) groups excluding carboxylic acids is 1. The van der Waals surface area contributed by atoms with Crippen LogP contribution in [0.25, 0.3) is 5.52 Å². The summed E-state index contributed by atoms with van der Waals surface area (Å²) in [6.45, 7) is 9.77. The van der Waals surface area contributed by atoms with E-state index in [9.17, 15) is 9.59 Å². The van der Waals surface area contributed by atoms with Crippen LogP contribution in [0.15, 0.2) is 10.9 Å². The third-order valence-corrected chi connectivity index (χ3v) is 4.71. The fraction of sp³-hybridized carbons (Fsp3) is 0.667. The molecule has 0 bridgehead atoms. The van der Waals surface area contributed by atoms with Crippen molar-refractivity contribution in [1.82, 2.24) is 30.0 Å². The lowest BCUT2D eigenvalue weighted by Crippen LogP contribution is -2.47. The maximum absolute atomic E-state index is 12.8. The SMILES string of the molecule is CC(C)c1cc2c(C(C)C)nn(CC(=O)N[C@@H]3CCCNC3)c(=O)n2n1.Cl. The second-order valence-electron chi connectivity index (χ2n) is 7.61. The van der Waals surface area contributed by atoms with Crippen LogP contribution >= 0.6 is 12.4 Å². The molecule has 2 N–H and O–H groups in total. The number of amides is 1. The zero-order valence-corrected chi connectivity index (χ0v) is 17.2. The zero-order valence-electron chi connectivity index (χ0n) is 16.4. The first kappa shape index (κ1) is 21.4. The van der Waals surface area contributed by atoms with Crippen LogP contribution in [0.1, 0.15) is 63.8 Å². The Morgan fingerprint density at radius 3 is 2.63 bits per heavy atom. The fourth-order valence-electron chi connectivity index (χ4n) is 3.24. The van der Waals surface area contributed by atoms with E-state index in [0.29, 0.717) is 0 Å². The Bertz CT molecular complexity index is 851. The molecule has 150 valence electrons. The number of nitrogens with zero attached hydrogens (tertiary/aromatic N) is 4. The van der Waals surface area contributed by atoms with Gasteiger partial charge in [-0.15, -0.1) is 12.4 Å². The van der Waals surface area contributed by atoms with Crippen molar-refractivity contribution in [2.45, 2.75) is 65.0 Å². The highest BCUT2D eigenvalue weighted by atomic mass is 35.5. The highest BCUT2D eigenvalue weighted by Gasteiger charge is 2.20. The average molecular weight is 397 g/mol. The van der Waals surface area contributed by atoms with Crippen LogP contribution in [0, 0.1) is 0 Å². The molecule has 2 aromatic rings. The number of rotatable bonds is 5. The van der Waals surface area contributed by atoms with Crippen LogP contribution in [-0.4, -0.2) is 44.4 Å². The highest BCUT2D eigenvalue weighted by molar-refractivity contribution is 5.85. The third kappa shape index (κ3) is 4.68. The summed E-state index contributed by atoms with van der Waals surface area (Å²) < 4.78 is 2.61. The van der Waals surface area contributed by atoms with E-state index >= 15 is 0 Å². The molecular formula is C18H29ClN6O2. The number of hydrogen-bond acceptors (Lipinski definition) is 5. The lowest BCUT2D eigenvalue weighted by molar-refractivity contribution is -0.122. The average Bonchev–Trinajstić information content (AvgIpc) is 3.04. The minimum Gasteiger partial charge on any atom is -0.350 e. The number of fused-ring (bicyclic) bond motifs is 1. The first-order valence-electron chi connectivity index (χ1n) is 9.37. The van der Waals surface area contributed by atoms with Crippen molar-refractivity contribution < 1.29 is 4.79 Å². The van der Waals surface area contributed by atoms with Crippen molar-refractivity contribution >= 4 is 23.8 Å². The van der Waals surface area contributed by atoms with Crippen LogP contribution < -0.4 is 16.3 Å². The van der Waals surface area contributed by atoms with Crippen LogP contribution in [0.4, 0.5) is 0 Å². The zero-order chi connectivity index (χ0) is 18.8. The molecule has 0 aliphatic carbocycles. The maximum atomic E-state index is 12.8. The number of aromatic nitrogens is 4. The van der Waals surface area contributed by atoms with Gasteiger partial charge in [0.05, 0.1) is 16.9 Å². The molecular weight excluding hydrogens is 368 g/mol. The van der Waals surface area contributed by atoms with Gasteiger partial charge in [-0.25, -0.2) is 9.48 Å². The quantitative estimate of drug-likeness (QED) is 0.797. The maximum Gasteiger partial charge on any atom is 0.366 e. The predicted molar refractivity (Wildman–Crippen MR) is 107 cm³/mol. The second kappa shape index (κ2) is 8.84.